The lowest BCUT2D eigenvalue weighted by atomic mass is 10.3. The van der Waals surface area contributed by atoms with E-state index in [2.05, 4.69) is 10.1 Å². The summed E-state index contributed by atoms with van der Waals surface area (Å²) >= 11 is 0. The fourth-order valence-electron chi connectivity index (χ4n) is 2.31. The van der Waals surface area contributed by atoms with Gasteiger partial charge in [-0.1, -0.05) is 18.2 Å². The van der Waals surface area contributed by atoms with Crippen molar-refractivity contribution < 1.29 is 23.8 Å². The van der Waals surface area contributed by atoms with Crippen LogP contribution in [0.5, 0.6) is 11.5 Å². The van der Waals surface area contributed by atoms with Gasteiger partial charge in [0, 0.05) is 12.2 Å². The first-order valence-corrected chi connectivity index (χ1v) is 8.57. The summed E-state index contributed by atoms with van der Waals surface area (Å²) in [5.41, 5.74) is 0.682. The molecule has 144 valence electrons. The highest BCUT2D eigenvalue weighted by molar-refractivity contribution is 5.89. The molecule has 7 nitrogen and oxygen atoms in total. The van der Waals surface area contributed by atoms with Gasteiger partial charge in [0.25, 0.3) is 0 Å². The normalized spacial score (nSPS) is 10.0. The van der Waals surface area contributed by atoms with E-state index in [0.717, 1.165) is 5.75 Å². The first kappa shape index (κ1) is 20.1. The minimum Gasteiger partial charge on any atom is -0.497 e. The third-order valence-electron chi connectivity index (χ3n) is 3.82. The summed E-state index contributed by atoms with van der Waals surface area (Å²) in [7, 11) is 2.92. The molecule has 7 heteroatoms. The van der Waals surface area contributed by atoms with Crippen molar-refractivity contribution in [1.82, 2.24) is 4.90 Å². The van der Waals surface area contributed by atoms with Gasteiger partial charge in [0.15, 0.2) is 0 Å². The van der Waals surface area contributed by atoms with Crippen LogP contribution in [0.1, 0.15) is 6.42 Å². The summed E-state index contributed by atoms with van der Waals surface area (Å²) in [5.74, 6) is 1.04. The molecule has 0 aliphatic heterocycles. The SMILES string of the molecule is COC(=O)CCN(CCOc1ccc(OC)cc1)C(=O)Nc1ccccc1. The molecule has 0 heterocycles. The average Bonchev–Trinajstić information content (AvgIpc) is 2.71. The molecule has 2 amide bonds. The van der Waals surface area contributed by atoms with Crippen LogP contribution in [-0.4, -0.2) is 50.8 Å². The molecule has 0 radical (unpaired) electrons. The average molecular weight is 372 g/mol. The van der Waals surface area contributed by atoms with Crippen LogP contribution in [0.4, 0.5) is 10.5 Å². The highest BCUT2D eigenvalue weighted by atomic mass is 16.5. The molecule has 2 rings (SSSR count). The lowest BCUT2D eigenvalue weighted by Gasteiger charge is -2.23. The number of nitrogens with zero attached hydrogens (tertiary/aromatic N) is 1. The Hall–Kier alpha value is -3.22. The highest BCUT2D eigenvalue weighted by Gasteiger charge is 2.15. The fourth-order valence-corrected chi connectivity index (χ4v) is 2.31. The first-order chi connectivity index (χ1) is 13.1. The van der Waals surface area contributed by atoms with Gasteiger partial charge in [0.05, 0.1) is 27.2 Å². The van der Waals surface area contributed by atoms with Gasteiger partial charge in [-0.15, -0.1) is 0 Å². The Kier molecular flexibility index (Phi) is 7.96. The van der Waals surface area contributed by atoms with Crippen molar-refractivity contribution in [3.05, 3.63) is 54.6 Å². The number of carbonyl (C=O) groups is 2. The Balaban J connectivity index is 1.91. The van der Waals surface area contributed by atoms with E-state index in [9.17, 15) is 9.59 Å². The number of esters is 1. The molecule has 0 aromatic heterocycles. The molecule has 0 aliphatic carbocycles. The number of nitrogens with one attached hydrogen (secondary N) is 1. The number of hydrogen-bond acceptors (Lipinski definition) is 5. The zero-order valence-corrected chi connectivity index (χ0v) is 15.5. The Bertz CT molecular complexity index is 719. The smallest absolute Gasteiger partial charge is 0.321 e. The van der Waals surface area contributed by atoms with Gasteiger partial charge in [0.1, 0.15) is 18.1 Å². The molecule has 0 spiro atoms. The zero-order chi connectivity index (χ0) is 19.5. The van der Waals surface area contributed by atoms with E-state index >= 15 is 0 Å². The van der Waals surface area contributed by atoms with Crippen molar-refractivity contribution in [2.45, 2.75) is 6.42 Å². The van der Waals surface area contributed by atoms with Crippen molar-refractivity contribution in [3.63, 3.8) is 0 Å². The van der Waals surface area contributed by atoms with Crippen LogP contribution in [0.15, 0.2) is 54.6 Å². The van der Waals surface area contributed by atoms with Gasteiger partial charge >= 0.3 is 12.0 Å². The van der Waals surface area contributed by atoms with Gasteiger partial charge in [-0.3, -0.25) is 4.79 Å². The number of para-hydroxylation sites is 1. The van der Waals surface area contributed by atoms with E-state index in [-0.39, 0.29) is 31.6 Å². The first-order valence-electron chi connectivity index (χ1n) is 8.57. The number of hydrogen-bond donors (Lipinski definition) is 1. The predicted octanol–water partition coefficient (Wildman–Crippen LogP) is 3.17. The van der Waals surface area contributed by atoms with Crippen LogP contribution in [-0.2, 0) is 9.53 Å². The van der Waals surface area contributed by atoms with E-state index in [4.69, 9.17) is 9.47 Å². The van der Waals surface area contributed by atoms with Crippen LogP contribution in [0.3, 0.4) is 0 Å². The van der Waals surface area contributed by atoms with Crippen molar-refractivity contribution in [1.29, 1.82) is 0 Å². The monoisotopic (exact) mass is 372 g/mol. The van der Waals surface area contributed by atoms with Crippen LogP contribution in [0, 0.1) is 0 Å². The summed E-state index contributed by atoms with van der Waals surface area (Å²) in [5, 5.41) is 2.81. The van der Waals surface area contributed by atoms with Crippen molar-refractivity contribution in [2.75, 3.05) is 39.2 Å². The van der Waals surface area contributed by atoms with E-state index in [0.29, 0.717) is 18.0 Å². The number of ether oxygens (including phenoxy) is 3. The molecule has 27 heavy (non-hydrogen) atoms. The lowest BCUT2D eigenvalue weighted by Crippen LogP contribution is -2.39. The Morgan fingerprint density at radius 1 is 0.926 bits per heavy atom. The quantitative estimate of drug-likeness (QED) is 0.684. The minimum atomic E-state index is -0.372. The van der Waals surface area contributed by atoms with E-state index in [1.807, 2.05) is 18.2 Å². The maximum absolute atomic E-state index is 12.5. The summed E-state index contributed by atoms with van der Waals surface area (Å²) in [6, 6.07) is 16.0. The number of urea groups is 1. The largest absolute Gasteiger partial charge is 0.497 e. The molecule has 0 saturated heterocycles. The van der Waals surface area contributed by atoms with Gasteiger partial charge < -0.3 is 24.4 Å². The lowest BCUT2D eigenvalue weighted by molar-refractivity contribution is -0.140. The Morgan fingerprint density at radius 3 is 2.22 bits per heavy atom. The van der Waals surface area contributed by atoms with Gasteiger partial charge in [-0.2, -0.15) is 0 Å². The highest BCUT2D eigenvalue weighted by Crippen LogP contribution is 2.17. The molecule has 0 fully saturated rings. The van der Waals surface area contributed by atoms with Crippen LogP contribution in [0.2, 0.25) is 0 Å². The van der Waals surface area contributed by atoms with Crippen molar-refractivity contribution in [2.24, 2.45) is 0 Å². The zero-order valence-electron chi connectivity index (χ0n) is 15.5. The predicted molar refractivity (Wildman–Crippen MR) is 102 cm³/mol. The van der Waals surface area contributed by atoms with Gasteiger partial charge in [0.2, 0.25) is 0 Å². The second kappa shape index (κ2) is 10.7. The summed E-state index contributed by atoms with van der Waals surface area (Å²) < 4.78 is 15.4. The maximum Gasteiger partial charge on any atom is 0.321 e. The molecule has 0 atom stereocenters. The second-order valence-corrected chi connectivity index (χ2v) is 5.63. The Morgan fingerprint density at radius 2 is 1.59 bits per heavy atom. The fraction of sp³-hybridized carbons (Fsp3) is 0.300. The topological polar surface area (TPSA) is 77.1 Å². The minimum absolute atomic E-state index is 0.112. The third kappa shape index (κ3) is 6.89. The number of anilines is 1. The summed E-state index contributed by atoms with van der Waals surface area (Å²) in [6.07, 6.45) is 0.112. The van der Waals surface area contributed by atoms with E-state index in [1.165, 1.54) is 12.0 Å². The van der Waals surface area contributed by atoms with E-state index < -0.39 is 0 Å². The number of methoxy groups -OCH3 is 2. The number of rotatable bonds is 9. The van der Waals surface area contributed by atoms with Crippen LogP contribution in [0.25, 0.3) is 0 Å². The molecular weight excluding hydrogens is 348 g/mol. The molecule has 0 aliphatic rings. The molecule has 0 bridgehead atoms. The number of benzene rings is 2. The second-order valence-electron chi connectivity index (χ2n) is 5.63. The summed E-state index contributed by atoms with van der Waals surface area (Å²) in [6.45, 7) is 0.842. The maximum atomic E-state index is 12.5. The van der Waals surface area contributed by atoms with E-state index in [1.54, 1.807) is 43.5 Å². The number of amides is 2. The molecule has 0 unspecified atom stereocenters. The molecule has 2 aromatic carbocycles. The van der Waals surface area contributed by atoms with Crippen LogP contribution < -0.4 is 14.8 Å². The molecule has 0 saturated carbocycles. The third-order valence-corrected chi connectivity index (χ3v) is 3.82. The van der Waals surface area contributed by atoms with Gasteiger partial charge in [-0.05, 0) is 36.4 Å². The number of carbonyl (C=O) groups excluding carboxylic acids is 2. The van der Waals surface area contributed by atoms with Crippen molar-refractivity contribution >= 4 is 17.7 Å². The standard InChI is InChI=1S/C20H24N2O5/c1-25-17-8-10-18(11-9-17)27-15-14-22(13-12-19(23)26-2)20(24)21-16-6-4-3-5-7-16/h3-11H,12-15H2,1-2H3,(H,21,24). The van der Waals surface area contributed by atoms with Crippen molar-refractivity contribution in [3.8, 4) is 11.5 Å². The molecule has 1 N–H and O–H groups in total. The van der Waals surface area contributed by atoms with Crippen LogP contribution >= 0.6 is 0 Å². The molecular formula is C20H24N2O5. The molecule has 2 aromatic rings. The summed E-state index contributed by atoms with van der Waals surface area (Å²) in [4.78, 5) is 25.5. The Labute approximate surface area is 158 Å². The van der Waals surface area contributed by atoms with Gasteiger partial charge in [-0.25, -0.2) is 4.79 Å².